The number of carbonyl (C=O) groups excluding carboxylic acids is 1. The number of hydrogen-bond donors (Lipinski definition) is 3. The van der Waals surface area contributed by atoms with Crippen molar-refractivity contribution in [3.8, 4) is 0 Å². The molecule has 1 aliphatic heterocycles. The van der Waals surface area contributed by atoms with Crippen molar-refractivity contribution in [2.24, 2.45) is 0 Å². The Morgan fingerprint density at radius 2 is 1.78 bits per heavy atom. The van der Waals surface area contributed by atoms with Crippen molar-refractivity contribution in [2.45, 2.75) is 38.0 Å². The van der Waals surface area contributed by atoms with Gasteiger partial charge in [-0.25, -0.2) is 4.79 Å². The number of aliphatic hydroxyl groups excluding tert-OH is 3. The van der Waals surface area contributed by atoms with Crippen LogP contribution in [-0.4, -0.2) is 55.2 Å². The van der Waals surface area contributed by atoms with Crippen molar-refractivity contribution in [1.82, 2.24) is 9.13 Å². The summed E-state index contributed by atoms with van der Waals surface area (Å²) < 4.78 is 6.97. The van der Waals surface area contributed by atoms with Gasteiger partial charge in [0.25, 0.3) is 5.56 Å². The molecular formula is C18H20N2O7. The first kappa shape index (κ1) is 19.2. The first-order chi connectivity index (χ1) is 12.8. The molecule has 0 radical (unpaired) electrons. The number of aliphatic hydroxyl groups is 3. The molecule has 144 valence electrons. The predicted molar refractivity (Wildman–Crippen MR) is 93.5 cm³/mol. The molecule has 0 amide bonds. The Kier molecular flexibility index (Phi) is 5.38. The molecule has 0 saturated carbocycles. The van der Waals surface area contributed by atoms with Crippen LogP contribution in [0.2, 0.25) is 0 Å². The lowest BCUT2D eigenvalue weighted by atomic mass is 10.1. The Hall–Kier alpha value is -2.59. The van der Waals surface area contributed by atoms with E-state index >= 15 is 0 Å². The van der Waals surface area contributed by atoms with Gasteiger partial charge in [0.15, 0.2) is 12.0 Å². The summed E-state index contributed by atoms with van der Waals surface area (Å²) in [6.45, 7) is 0.848. The van der Waals surface area contributed by atoms with Crippen LogP contribution < -0.4 is 11.2 Å². The van der Waals surface area contributed by atoms with E-state index in [4.69, 9.17) is 9.84 Å². The van der Waals surface area contributed by atoms with Crippen LogP contribution in [0.1, 0.15) is 22.1 Å². The minimum atomic E-state index is -1.47. The van der Waals surface area contributed by atoms with Crippen molar-refractivity contribution >= 4 is 5.78 Å². The van der Waals surface area contributed by atoms with Crippen LogP contribution in [0.5, 0.6) is 0 Å². The second-order valence-corrected chi connectivity index (χ2v) is 6.45. The second-order valence-electron chi connectivity index (χ2n) is 6.45. The van der Waals surface area contributed by atoms with E-state index in [1.54, 1.807) is 24.3 Å². The molecule has 1 fully saturated rings. The van der Waals surface area contributed by atoms with Crippen LogP contribution in [0.4, 0.5) is 0 Å². The van der Waals surface area contributed by atoms with Gasteiger partial charge in [0.2, 0.25) is 0 Å². The maximum absolute atomic E-state index is 12.7. The lowest BCUT2D eigenvalue weighted by Gasteiger charge is -2.18. The highest BCUT2D eigenvalue weighted by Crippen LogP contribution is 2.27. The Bertz CT molecular complexity index is 947. The molecule has 1 aromatic carbocycles. The molecule has 9 nitrogen and oxygen atoms in total. The smallest absolute Gasteiger partial charge is 0.333 e. The van der Waals surface area contributed by atoms with E-state index in [2.05, 4.69) is 0 Å². The number of ketones is 1. The minimum Gasteiger partial charge on any atom is -0.394 e. The van der Waals surface area contributed by atoms with E-state index in [-0.39, 0.29) is 0 Å². The van der Waals surface area contributed by atoms with Crippen LogP contribution in [0.15, 0.2) is 46.1 Å². The van der Waals surface area contributed by atoms with E-state index in [9.17, 15) is 24.6 Å². The number of rotatable bonds is 5. The number of carbonyl (C=O) groups is 1. The molecule has 0 aliphatic carbocycles. The van der Waals surface area contributed by atoms with Gasteiger partial charge in [0.1, 0.15) is 18.3 Å². The summed E-state index contributed by atoms with van der Waals surface area (Å²) in [6, 6.07) is 7.78. The summed E-state index contributed by atoms with van der Waals surface area (Å²) in [5, 5.41) is 29.1. The number of nitrogens with zero attached hydrogens (tertiary/aromatic N) is 2. The Balaban J connectivity index is 1.93. The van der Waals surface area contributed by atoms with Gasteiger partial charge in [-0.2, -0.15) is 0 Å². The molecule has 0 spiro atoms. The average molecular weight is 376 g/mol. The predicted octanol–water partition coefficient (Wildman–Crippen LogP) is -1.19. The maximum atomic E-state index is 12.7. The average Bonchev–Trinajstić information content (AvgIpc) is 2.94. The first-order valence-electron chi connectivity index (χ1n) is 8.38. The molecule has 0 bridgehead atoms. The van der Waals surface area contributed by atoms with Gasteiger partial charge in [0, 0.05) is 17.8 Å². The van der Waals surface area contributed by atoms with E-state index in [0.717, 1.165) is 27.0 Å². The standard InChI is InChI=1S/C18H20N2O7/c1-10-2-4-11(5-3-10)12(22)8-20-14(23)6-7-19(18(20)26)17-16(25)15(24)13(9-21)27-17/h2-7,13,15-17,21,24-25H,8-9H2,1H3/t13-,15-,16-,17-/m1/s1. The van der Waals surface area contributed by atoms with Crippen LogP contribution >= 0.6 is 0 Å². The molecule has 2 aromatic rings. The van der Waals surface area contributed by atoms with E-state index in [0.29, 0.717) is 5.56 Å². The van der Waals surface area contributed by atoms with Gasteiger partial charge in [-0.1, -0.05) is 29.8 Å². The SMILES string of the molecule is Cc1ccc(C(=O)Cn2c(=O)ccn([C@@H]3O[C@H](CO)[C@@H](O)[C@H]3O)c2=O)cc1. The summed E-state index contributed by atoms with van der Waals surface area (Å²) in [4.78, 5) is 37.2. The van der Waals surface area contributed by atoms with Crippen molar-refractivity contribution in [3.05, 3.63) is 68.5 Å². The first-order valence-corrected chi connectivity index (χ1v) is 8.38. The lowest BCUT2D eigenvalue weighted by molar-refractivity contribution is -0.0555. The fraction of sp³-hybridized carbons (Fsp3) is 0.389. The Morgan fingerprint density at radius 1 is 1.11 bits per heavy atom. The Labute approximate surface area is 153 Å². The molecule has 0 unspecified atom stereocenters. The lowest BCUT2D eigenvalue weighted by Crippen LogP contribution is -2.44. The summed E-state index contributed by atoms with van der Waals surface area (Å²) in [7, 11) is 0. The molecule has 3 rings (SSSR count). The third-order valence-corrected chi connectivity index (χ3v) is 4.56. The third kappa shape index (κ3) is 3.62. The van der Waals surface area contributed by atoms with Crippen molar-refractivity contribution in [3.63, 3.8) is 0 Å². The van der Waals surface area contributed by atoms with Gasteiger partial charge in [0.05, 0.1) is 13.2 Å². The monoisotopic (exact) mass is 376 g/mol. The van der Waals surface area contributed by atoms with Crippen molar-refractivity contribution < 1.29 is 24.9 Å². The van der Waals surface area contributed by atoms with Gasteiger partial charge < -0.3 is 20.1 Å². The van der Waals surface area contributed by atoms with Gasteiger partial charge in [-0.05, 0) is 6.92 Å². The minimum absolute atomic E-state index is 0.357. The zero-order chi connectivity index (χ0) is 19.7. The number of benzene rings is 1. The third-order valence-electron chi connectivity index (χ3n) is 4.56. The van der Waals surface area contributed by atoms with Crippen molar-refractivity contribution in [2.75, 3.05) is 6.61 Å². The van der Waals surface area contributed by atoms with E-state index in [1.807, 2.05) is 6.92 Å². The molecule has 2 heterocycles. The number of ether oxygens (including phenoxy) is 1. The van der Waals surface area contributed by atoms with E-state index in [1.165, 1.54) is 0 Å². The zero-order valence-corrected chi connectivity index (χ0v) is 14.6. The Morgan fingerprint density at radius 3 is 2.37 bits per heavy atom. The summed E-state index contributed by atoms with van der Waals surface area (Å²) in [5.41, 5.74) is -0.216. The molecule has 3 N–H and O–H groups in total. The summed E-state index contributed by atoms with van der Waals surface area (Å²) in [5.74, 6) is -0.423. The number of aryl methyl sites for hydroxylation is 1. The molecule has 27 heavy (non-hydrogen) atoms. The molecule has 1 saturated heterocycles. The van der Waals surface area contributed by atoms with Crippen LogP contribution in [-0.2, 0) is 11.3 Å². The fourth-order valence-electron chi connectivity index (χ4n) is 2.95. The highest BCUT2D eigenvalue weighted by atomic mass is 16.6. The highest BCUT2D eigenvalue weighted by molar-refractivity contribution is 5.95. The summed E-state index contributed by atoms with van der Waals surface area (Å²) >= 11 is 0. The number of Topliss-reactive ketones (excluding diaryl/α,β-unsaturated/α-hetero) is 1. The molecule has 9 heteroatoms. The second kappa shape index (κ2) is 7.57. The summed E-state index contributed by atoms with van der Waals surface area (Å²) in [6.07, 6.45) is -4.09. The quantitative estimate of drug-likeness (QED) is 0.560. The fourth-order valence-corrected chi connectivity index (χ4v) is 2.95. The normalized spacial score (nSPS) is 24.9. The number of aromatic nitrogens is 2. The van der Waals surface area contributed by atoms with Crippen LogP contribution in [0.25, 0.3) is 0 Å². The number of hydrogen-bond acceptors (Lipinski definition) is 7. The highest BCUT2D eigenvalue weighted by Gasteiger charge is 2.43. The largest absolute Gasteiger partial charge is 0.394 e. The van der Waals surface area contributed by atoms with Crippen LogP contribution in [0, 0.1) is 6.92 Å². The van der Waals surface area contributed by atoms with Gasteiger partial charge in [-0.3, -0.25) is 18.7 Å². The van der Waals surface area contributed by atoms with E-state index < -0.39 is 54.7 Å². The molecule has 1 aliphatic rings. The van der Waals surface area contributed by atoms with Gasteiger partial charge >= 0.3 is 5.69 Å². The molecule has 1 aromatic heterocycles. The van der Waals surface area contributed by atoms with Crippen LogP contribution in [0.3, 0.4) is 0 Å². The molecule has 4 atom stereocenters. The molecular weight excluding hydrogens is 356 g/mol. The van der Waals surface area contributed by atoms with Crippen molar-refractivity contribution in [1.29, 1.82) is 0 Å². The van der Waals surface area contributed by atoms with Gasteiger partial charge in [-0.15, -0.1) is 0 Å². The topological polar surface area (TPSA) is 131 Å². The maximum Gasteiger partial charge on any atom is 0.333 e. The zero-order valence-electron chi connectivity index (χ0n) is 14.6.